The van der Waals surface area contributed by atoms with Crippen LogP contribution >= 0.6 is 0 Å². The van der Waals surface area contributed by atoms with Crippen molar-refractivity contribution in [1.29, 1.82) is 0 Å². The Bertz CT molecular complexity index is 580. The van der Waals surface area contributed by atoms with Gasteiger partial charge in [-0.2, -0.15) is 5.01 Å². The normalized spacial score (nSPS) is 22.0. The first-order valence-electron chi connectivity index (χ1n) is 7.24. The molecule has 0 aliphatic carbocycles. The molecule has 0 spiro atoms. The number of nitrogens with zero attached hydrogens (tertiary/aromatic N) is 2. The molecule has 1 aromatic carbocycles. The predicted octanol–water partition coefficient (Wildman–Crippen LogP) is 2.47. The average Bonchev–Trinajstić information content (AvgIpc) is 3.00. The van der Waals surface area contributed by atoms with E-state index in [0.29, 0.717) is 13.0 Å². The number of allylic oxidation sites excluding steroid dienone is 1. The number of ether oxygens (including phenoxy) is 2. The maximum absolute atomic E-state index is 12.1. The fourth-order valence-corrected chi connectivity index (χ4v) is 3.07. The predicted molar refractivity (Wildman–Crippen MR) is 78.2 cm³/mol. The van der Waals surface area contributed by atoms with Crippen molar-refractivity contribution in [2.45, 2.75) is 26.3 Å². The lowest BCUT2D eigenvalue weighted by Gasteiger charge is -2.26. The molecule has 0 unspecified atom stereocenters. The van der Waals surface area contributed by atoms with Gasteiger partial charge >= 0.3 is 0 Å². The summed E-state index contributed by atoms with van der Waals surface area (Å²) >= 11 is 0. The minimum absolute atomic E-state index is 0.0256. The van der Waals surface area contributed by atoms with Crippen LogP contribution < -0.4 is 4.74 Å². The molecule has 2 aliphatic rings. The molecule has 1 aromatic rings. The molecule has 5 heteroatoms. The average molecular weight is 288 g/mol. The van der Waals surface area contributed by atoms with E-state index in [1.165, 1.54) is 0 Å². The third-order valence-corrected chi connectivity index (χ3v) is 4.00. The second-order valence-corrected chi connectivity index (χ2v) is 5.18. The Morgan fingerprint density at radius 2 is 2.00 bits per heavy atom. The Morgan fingerprint density at radius 3 is 2.62 bits per heavy atom. The molecule has 0 aromatic heterocycles. The van der Waals surface area contributed by atoms with Gasteiger partial charge in [-0.05, 0) is 31.5 Å². The van der Waals surface area contributed by atoms with Crippen LogP contribution in [-0.4, -0.2) is 36.2 Å². The van der Waals surface area contributed by atoms with Crippen molar-refractivity contribution in [2.24, 2.45) is 0 Å². The van der Waals surface area contributed by atoms with Crippen molar-refractivity contribution in [3.63, 3.8) is 0 Å². The third-order valence-electron chi connectivity index (χ3n) is 4.00. The van der Waals surface area contributed by atoms with Crippen molar-refractivity contribution >= 4 is 5.91 Å². The van der Waals surface area contributed by atoms with E-state index in [1.54, 1.807) is 12.1 Å². The number of hydrogen-bond donors (Lipinski definition) is 0. The first-order chi connectivity index (χ1) is 10.2. The van der Waals surface area contributed by atoms with Gasteiger partial charge in [0.05, 0.1) is 19.4 Å². The van der Waals surface area contributed by atoms with Gasteiger partial charge in [0.2, 0.25) is 5.91 Å². The fraction of sp³-hybridized carbons (Fsp3) is 0.438. The highest BCUT2D eigenvalue weighted by Gasteiger charge is 2.45. The van der Waals surface area contributed by atoms with Crippen LogP contribution in [-0.2, 0) is 9.53 Å². The molecular weight excluding hydrogens is 268 g/mol. The van der Waals surface area contributed by atoms with Crippen LogP contribution in [0.2, 0.25) is 0 Å². The summed E-state index contributed by atoms with van der Waals surface area (Å²) in [6.45, 7) is 5.23. The van der Waals surface area contributed by atoms with E-state index >= 15 is 0 Å². The number of benzene rings is 1. The van der Waals surface area contributed by atoms with Crippen LogP contribution in [0, 0.1) is 0 Å². The highest BCUT2D eigenvalue weighted by molar-refractivity contribution is 5.80. The molecule has 1 fully saturated rings. The first kappa shape index (κ1) is 13.9. The van der Waals surface area contributed by atoms with Gasteiger partial charge in [0.1, 0.15) is 17.6 Å². The largest absolute Gasteiger partial charge is 0.497 e. The van der Waals surface area contributed by atoms with E-state index < -0.39 is 0 Å². The molecule has 1 saturated heterocycles. The van der Waals surface area contributed by atoms with Crippen LogP contribution in [0.25, 0.3) is 0 Å². The molecule has 0 bridgehead atoms. The summed E-state index contributed by atoms with van der Waals surface area (Å²) in [5.41, 5.74) is 2.01. The van der Waals surface area contributed by atoms with E-state index in [-0.39, 0.29) is 11.9 Å². The van der Waals surface area contributed by atoms with E-state index in [4.69, 9.17) is 9.47 Å². The number of hydrazine groups is 1. The van der Waals surface area contributed by atoms with Gasteiger partial charge < -0.3 is 9.47 Å². The second-order valence-electron chi connectivity index (χ2n) is 5.18. The Morgan fingerprint density at radius 1 is 1.29 bits per heavy atom. The van der Waals surface area contributed by atoms with Gasteiger partial charge in [-0.25, -0.2) is 5.01 Å². The van der Waals surface area contributed by atoms with Crippen LogP contribution in [0.15, 0.2) is 35.7 Å². The smallest absolute Gasteiger partial charge is 0.242 e. The molecule has 0 saturated carbocycles. The fourth-order valence-electron chi connectivity index (χ4n) is 3.07. The van der Waals surface area contributed by atoms with Gasteiger partial charge in [-0.15, -0.1) is 0 Å². The molecule has 112 valence electrons. The van der Waals surface area contributed by atoms with Crippen LogP contribution in [0.4, 0.5) is 0 Å². The lowest BCUT2D eigenvalue weighted by atomic mass is 10.0. The summed E-state index contributed by atoms with van der Waals surface area (Å²) in [6, 6.07) is 7.91. The number of rotatable bonds is 4. The highest BCUT2D eigenvalue weighted by Crippen LogP contribution is 2.43. The van der Waals surface area contributed by atoms with Gasteiger partial charge in [-0.1, -0.05) is 12.1 Å². The minimum Gasteiger partial charge on any atom is -0.497 e. The molecule has 0 radical (unpaired) electrons. The van der Waals surface area contributed by atoms with E-state index in [1.807, 2.05) is 38.1 Å². The first-order valence-corrected chi connectivity index (χ1v) is 7.24. The Labute approximate surface area is 124 Å². The van der Waals surface area contributed by atoms with Gasteiger partial charge in [0, 0.05) is 13.0 Å². The summed E-state index contributed by atoms with van der Waals surface area (Å²) in [7, 11) is 1.65. The van der Waals surface area contributed by atoms with Gasteiger partial charge in [0.15, 0.2) is 0 Å². The van der Waals surface area contributed by atoms with E-state index in [9.17, 15) is 4.79 Å². The quantitative estimate of drug-likeness (QED) is 0.853. The van der Waals surface area contributed by atoms with Crippen molar-refractivity contribution < 1.29 is 14.3 Å². The van der Waals surface area contributed by atoms with Gasteiger partial charge in [0.25, 0.3) is 0 Å². The summed E-state index contributed by atoms with van der Waals surface area (Å²) in [5, 5.41) is 3.85. The number of carbonyl (C=O) groups excluding carboxylic acids is 1. The Hall–Kier alpha value is -2.01. The number of fused-ring (bicyclic) bond motifs is 1. The van der Waals surface area contributed by atoms with Gasteiger partial charge in [-0.3, -0.25) is 4.79 Å². The topological polar surface area (TPSA) is 42.0 Å². The molecule has 21 heavy (non-hydrogen) atoms. The van der Waals surface area contributed by atoms with Crippen LogP contribution in [0.1, 0.15) is 31.9 Å². The van der Waals surface area contributed by atoms with E-state index in [0.717, 1.165) is 29.3 Å². The summed E-state index contributed by atoms with van der Waals surface area (Å²) in [4.78, 5) is 12.1. The summed E-state index contributed by atoms with van der Waals surface area (Å²) in [6.07, 6.45) is 0.559. The maximum Gasteiger partial charge on any atom is 0.242 e. The zero-order chi connectivity index (χ0) is 15.0. The summed E-state index contributed by atoms with van der Waals surface area (Å²) < 4.78 is 11.0. The molecule has 5 nitrogen and oxygen atoms in total. The molecule has 1 atom stereocenters. The molecular formula is C16H20N2O3. The minimum atomic E-state index is -0.0256. The Balaban J connectivity index is 1.99. The van der Waals surface area contributed by atoms with Crippen LogP contribution in [0.3, 0.4) is 0 Å². The molecule has 0 N–H and O–H groups in total. The van der Waals surface area contributed by atoms with Crippen molar-refractivity contribution in [3.05, 3.63) is 41.3 Å². The number of amides is 1. The highest BCUT2D eigenvalue weighted by atomic mass is 16.5. The second kappa shape index (κ2) is 5.41. The number of hydrogen-bond acceptors (Lipinski definition) is 4. The lowest BCUT2D eigenvalue weighted by Crippen LogP contribution is -2.34. The van der Waals surface area contributed by atoms with Crippen molar-refractivity contribution in [2.75, 3.05) is 20.3 Å². The Kier molecular flexibility index (Phi) is 3.59. The van der Waals surface area contributed by atoms with Crippen molar-refractivity contribution in [1.82, 2.24) is 10.0 Å². The lowest BCUT2D eigenvalue weighted by molar-refractivity contribution is -0.133. The van der Waals surface area contributed by atoms with Crippen molar-refractivity contribution in [3.8, 4) is 5.75 Å². The standard InChI is InChI=1S/C16H20N2O3/c1-4-21-16-11(2)18-14(19)9-10-17(18)15(16)12-5-7-13(20-3)8-6-12/h5-8,15H,4,9-10H2,1-3H3/t15-/m1/s1. The zero-order valence-electron chi connectivity index (χ0n) is 12.6. The molecule has 2 aliphatic heterocycles. The zero-order valence-corrected chi connectivity index (χ0v) is 12.6. The summed E-state index contributed by atoms with van der Waals surface area (Å²) in [5.74, 6) is 1.83. The van der Waals surface area contributed by atoms with E-state index in [2.05, 4.69) is 5.01 Å². The third kappa shape index (κ3) is 2.17. The maximum atomic E-state index is 12.1. The molecule has 3 rings (SSSR count). The molecule has 2 heterocycles. The monoisotopic (exact) mass is 288 g/mol. The number of methoxy groups -OCH3 is 1. The SMILES string of the molecule is CCOC1=C(C)N2C(=O)CCN2[C@@H]1c1ccc(OC)cc1. The number of carbonyl (C=O) groups is 1. The molecule has 1 amide bonds. The van der Waals surface area contributed by atoms with Crippen LogP contribution in [0.5, 0.6) is 5.75 Å².